The fourth-order valence-corrected chi connectivity index (χ4v) is 1.57. The van der Waals surface area contributed by atoms with Gasteiger partial charge < -0.3 is 9.26 Å². The van der Waals surface area contributed by atoms with Crippen LogP contribution >= 0.6 is 0 Å². The molecule has 0 aliphatic carbocycles. The van der Waals surface area contributed by atoms with Gasteiger partial charge in [0.15, 0.2) is 5.76 Å². The Morgan fingerprint density at radius 3 is 2.81 bits per heavy atom. The molecule has 0 spiro atoms. The molecule has 0 unspecified atom stereocenters. The lowest BCUT2D eigenvalue weighted by atomic mass is 10.1. The maximum atomic E-state index is 5.69. The Bertz CT molecular complexity index is 462. The number of hydrogen-bond donors (Lipinski definition) is 0. The molecular formula is C13H15NO2. The minimum absolute atomic E-state index is 0.428. The summed E-state index contributed by atoms with van der Waals surface area (Å²) in [5.41, 5.74) is 2.08. The molecule has 2 aromatic rings. The summed E-state index contributed by atoms with van der Waals surface area (Å²) < 4.78 is 10.8. The normalized spacial score (nSPS) is 10.4. The lowest BCUT2D eigenvalue weighted by Gasteiger charge is -2.07. The van der Waals surface area contributed by atoms with Crippen molar-refractivity contribution >= 4 is 0 Å². The molecule has 0 aliphatic heterocycles. The largest absolute Gasteiger partial charge is 0.485 e. The van der Waals surface area contributed by atoms with Crippen LogP contribution in [0.5, 0.6) is 5.75 Å². The van der Waals surface area contributed by atoms with Gasteiger partial charge in [0.1, 0.15) is 12.4 Å². The van der Waals surface area contributed by atoms with E-state index >= 15 is 0 Å². The Balaban J connectivity index is 2.04. The first-order valence-electron chi connectivity index (χ1n) is 5.42. The van der Waals surface area contributed by atoms with Crippen LogP contribution in [0.2, 0.25) is 0 Å². The zero-order valence-electron chi connectivity index (χ0n) is 9.56. The number of nitrogens with zero attached hydrogens (tertiary/aromatic N) is 1. The molecule has 16 heavy (non-hydrogen) atoms. The van der Waals surface area contributed by atoms with Gasteiger partial charge in [0, 0.05) is 6.07 Å². The van der Waals surface area contributed by atoms with Crippen molar-refractivity contribution in [3.05, 3.63) is 47.3 Å². The van der Waals surface area contributed by atoms with Crippen LogP contribution in [0.3, 0.4) is 0 Å². The predicted octanol–water partition coefficient (Wildman–Crippen LogP) is 3.12. The summed E-state index contributed by atoms with van der Waals surface area (Å²) >= 11 is 0. The van der Waals surface area contributed by atoms with E-state index in [9.17, 15) is 0 Å². The molecule has 0 saturated heterocycles. The first kappa shape index (κ1) is 10.7. The molecule has 1 heterocycles. The van der Waals surface area contributed by atoms with Crippen molar-refractivity contribution in [1.29, 1.82) is 0 Å². The third kappa shape index (κ3) is 2.42. The second kappa shape index (κ2) is 4.84. The summed E-state index contributed by atoms with van der Waals surface area (Å²) in [5, 5.41) is 3.82. The lowest BCUT2D eigenvalue weighted by molar-refractivity contribution is 0.247. The van der Waals surface area contributed by atoms with E-state index in [1.165, 1.54) is 5.56 Å². The second-order valence-electron chi connectivity index (χ2n) is 3.68. The molecule has 0 radical (unpaired) electrons. The third-order valence-corrected chi connectivity index (χ3v) is 2.40. The van der Waals surface area contributed by atoms with E-state index in [0.717, 1.165) is 23.6 Å². The van der Waals surface area contributed by atoms with Gasteiger partial charge in [-0.2, -0.15) is 0 Å². The molecule has 1 aromatic carbocycles. The van der Waals surface area contributed by atoms with Gasteiger partial charge in [-0.3, -0.25) is 0 Å². The average Bonchev–Trinajstić information content (AvgIpc) is 2.73. The van der Waals surface area contributed by atoms with Gasteiger partial charge in [-0.1, -0.05) is 30.3 Å². The molecule has 0 N–H and O–H groups in total. The Kier molecular flexibility index (Phi) is 3.25. The molecule has 84 valence electrons. The Morgan fingerprint density at radius 1 is 1.31 bits per heavy atom. The Hall–Kier alpha value is -1.77. The predicted molar refractivity (Wildman–Crippen MR) is 61.4 cm³/mol. The van der Waals surface area contributed by atoms with Crippen molar-refractivity contribution in [2.45, 2.75) is 26.9 Å². The van der Waals surface area contributed by atoms with Crippen molar-refractivity contribution in [1.82, 2.24) is 5.16 Å². The monoisotopic (exact) mass is 217 g/mol. The number of aromatic nitrogens is 1. The van der Waals surface area contributed by atoms with E-state index in [-0.39, 0.29) is 0 Å². The highest BCUT2D eigenvalue weighted by Gasteiger charge is 2.04. The Labute approximate surface area is 95.0 Å². The van der Waals surface area contributed by atoms with E-state index in [2.05, 4.69) is 18.1 Å². The van der Waals surface area contributed by atoms with Crippen LogP contribution in [-0.4, -0.2) is 5.16 Å². The zero-order chi connectivity index (χ0) is 11.4. The van der Waals surface area contributed by atoms with Crippen LogP contribution in [0.15, 0.2) is 34.9 Å². The summed E-state index contributed by atoms with van der Waals surface area (Å²) in [7, 11) is 0. The molecule has 0 amide bonds. The average molecular weight is 217 g/mol. The number of benzene rings is 1. The van der Waals surface area contributed by atoms with Gasteiger partial charge in [0.25, 0.3) is 0 Å². The lowest BCUT2D eigenvalue weighted by Crippen LogP contribution is -1.96. The van der Waals surface area contributed by atoms with E-state index in [4.69, 9.17) is 9.26 Å². The fraction of sp³-hybridized carbons (Fsp3) is 0.308. The summed E-state index contributed by atoms with van der Waals surface area (Å²) in [6.45, 7) is 4.44. The minimum atomic E-state index is 0.428. The number of aryl methyl sites for hydroxylation is 2. The molecule has 2 rings (SSSR count). The van der Waals surface area contributed by atoms with Gasteiger partial charge in [0.05, 0.1) is 5.69 Å². The first-order chi connectivity index (χ1) is 7.79. The summed E-state index contributed by atoms with van der Waals surface area (Å²) in [6, 6.07) is 9.92. The van der Waals surface area contributed by atoms with Crippen LogP contribution in [0.25, 0.3) is 0 Å². The first-order valence-corrected chi connectivity index (χ1v) is 5.42. The molecule has 0 fully saturated rings. The quantitative estimate of drug-likeness (QED) is 0.789. The Morgan fingerprint density at radius 2 is 2.12 bits per heavy atom. The molecule has 0 bridgehead atoms. The van der Waals surface area contributed by atoms with Crippen molar-refractivity contribution in [3.8, 4) is 5.75 Å². The maximum absolute atomic E-state index is 5.69. The van der Waals surface area contributed by atoms with Crippen molar-refractivity contribution in [3.63, 3.8) is 0 Å². The molecule has 0 saturated carbocycles. The highest BCUT2D eigenvalue weighted by atomic mass is 16.5. The van der Waals surface area contributed by atoms with Crippen molar-refractivity contribution in [2.24, 2.45) is 0 Å². The molecule has 0 atom stereocenters. The van der Waals surface area contributed by atoms with Crippen molar-refractivity contribution in [2.75, 3.05) is 0 Å². The number of para-hydroxylation sites is 1. The van der Waals surface area contributed by atoms with Gasteiger partial charge in [0.2, 0.25) is 0 Å². The topological polar surface area (TPSA) is 35.3 Å². The van der Waals surface area contributed by atoms with Crippen LogP contribution in [-0.2, 0) is 13.0 Å². The fourth-order valence-electron chi connectivity index (χ4n) is 1.57. The number of ether oxygens (including phenoxy) is 1. The SMILES string of the molecule is CCc1ccccc1OCc1cc(C)no1. The highest BCUT2D eigenvalue weighted by Crippen LogP contribution is 2.19. The molecule has 1 aromatic heterocycles. The summed E-state index contributed by atoms with van der Waals surface area (Å²) in [5.74, 6) is 1.67. The van der Waals surface area contributed by atoms with E-state index < -0.39 is 0 Å². The van der Waals surface area contributed by atoms with Crippen LogP contribution < -0.4 is 4.74 Å². The highest BCUT2D eigenvalue weighted by molar-refractivity contribution is 5.33. The minimum Gasteiger partial charge on any atom is -0.485 e. The van der Waals surface area contributed by atoms with E-state index in [1.807, 2.05) is 31.2 Å². The molecule has 3 nitrogen and oxygen atoms in total. The maximum Gasteiger partial charge on any atom is 0.174 e. The molecular weight excluding hydrogens is 202 g/mol. The van der Waals surface area contributed by atoms with Gasteiger partial charge in [-0.25, -0.2) is 0 Å². The molecule has 0 aliphatic rings. The van der Waals surface area contributed by atoms with E-state index in [0.29, 0.717) is 6.61 Å². The standard InChI is InChI=1S/C13H15NO2/c1-3-11-6-4-5-7-13(11)15-9-12-8-10(2)14-16-12/h4-8H,3,9H2,1-2H3. The summed E-state index contributed by atoms with van der Waals surface area (Å²) in [4.78, 5) is 0. The molecule has 3 heteroatoms. The summed E-state index contributed by atoms with van der Waals surface area (Å²) in [6.07, 6.45) is 0.964. The van der Waals surface area contributed by atoms with Gasteiger partial charge in [-0.15, -0.1) is 0 Å². The van der Waals surface area contributed by atoms with Gasteiger partial charge in [-0.05, 0) is 25.0 Å². The second-order valence-corrected chi connectivity index (χ2v) is 3.68. The van der Waals surface area contributed by atoms with Crippen LogP contribution in [0.1, 0.15) is 23.9 Å². The zero-order valence-corrected chi connectivity index (χ0v) is 9.56. The van der Waals surface area contributed by atoms with E-state index in [1.54, 1.807) is 0 Å². The third-order valence-electron chi connectivity index (χ3n) is 2.40. The van der Waals surface area contributed by atoms with Crippen LogP contribution in [0.4, 0.5) is 0 Å². The van der Waals surface area contributed by atoms with Crippen molar-refractivity contribution < 1.29 is 9.26 Å². The number of rotatable bonds is 4. The van der Waals surface area contributed by atoms with Crippen LogP contribution in [0, 0.1) is 6.92 Å². The smallest absolute Gasteiger partial charge is 0.174 e. The number of hydrogen-bond acceptors (Lipinski definition) is 3. The van der Waals surface area contributed by atoms with Gasteiger partial charge >= 0.3 is 0 Å².